The van der Waals surface area contributed by atoms with E-state index in [1.807, 2.05) is 17.0 Å². The van der Waals surface area contributed by atoms with Gasteiger partial charge in [-0.15, -0.1) is 0 Å². The van der Waals surface area contributed by atoms with Crippen molar-refractivity contribution >= 4 is 17.0 Å². The van der Waals surface area contributed by atoms with E-state index in [0.29, 0.717) is 16.8 Å². The number of fused-ring (bicyclic) bond motifs is 1. The van der Waals surface area contributed by atoms with Crippen molar-refractivity contribution < 1.29 is 14.3 Å². The van der Waals surface area contributed by atoms with E-state index < -0.39 is 0 Å². The second kappa shape index (κ2) is 5.64. The van der Waals surface area contributed by atoms with Crippen molar-refractivity contribution in [2.24, 2.45) is 5.41 Å². The molecule has 1 saturated carbocycles. The lowest BCUT2D eigenvalue weighted by atomic mass is 9.67. The van der Waals surface area contributed by atoms with Gasteiger partial charge in [0.2, 0.25) is 0 Å². The minimum atomic E-state index is -0.122. The summed E-state index contributed by atoms with van der Waals surface area (Å²) in [7, 11) is 0. The van der Waals surface area contributed by atoms with Crippen molar-refractivity contribution in [2.75, 3.05) is 13.1 Å². The summed E-state index contributed by atoms with van der Waals surface area (Å²) in [6, 6.07) is 5.37. The minimum Gasteiger partial charge on any atom is -0.449 e. The molecule has 2 aliphatic rings. The Morgan fingerprint density at radius 2 is 2.00 bits per heavy atom. The van der Waals surface area contributed by atoms with Crippen LogP contribution < -0.4 is 0 Å². The third-order valence-corrected chi connectivity index (χ3v) is 5.63. The summed E-state index contributed by atoms with van der Waals surface area (Å²) in [6.07, 6.45) is 7.63. The van der Waals surface area contributed by atoms with Gasteiger partial charge in [0.15, 0.2) is 11.3 Å². The molecule has 2 fully saturated rings. The van der Waals surface area contributed by atoms with E-state index in [1.54, 1.807) is 12.3 Å². The number of aromatic nitrogens is 1. The van der Waals surface area contributed by atoms with Crippen LogP contribution in [0.25, 0.3) is 11.1 Å². The molecule has 4 rings (SSSR count). The molecular weight excluding hydrogens is 292 g/mol. The average molecular weight is 314 g/mol. The molecule has 0 atom stereocenters. The number of carbonyl (C=O) groups is 1. The highest BCUT2D eigenvalue weighted by Crippen LogP contribution is 2.44. The zero-order chi connectivity index (χ0) is 15.9. The molecule has 2 aromatic heterocycles. The van der Waals surface area contributed by atoms with Crippen molar-refractivity contribution in [2.45, 2.75) is 44.6 Å². The van der Waals surface area contributed by atoms with Gasteiger partial charge in [-0.2, -0.15) is 0 Å². The average Bonchev–Trinajstić information content (AvgIpc) is 3.02. The van der Waals surface area contributed by atoms with Crippen molar-refractivity contribution in [1.82, 2.24) is 9.88 Å². The Bertz CT molecular complexity index is 673. The normalized spacial score (nSPS) is 21.9. The molecule has 1 saturated heterocycles. The van der Waals surface area contributed by atoms with E-state index in [-0.39, 0.29) is 12.0 Å². The van der Waals surface area contributed by atoms with Gasteiger partial charge in [0.25, 0.3) is 5.91 Å². The molecule has 23 heavy (non-hydrogen) atoms. The predicted molar refractivity (Wildman–Crippen MR) is 86.1 cm³/mol. The zero-order valence-corrected chi connectivity index (χ0v) is 13.2. The molecule has 1 amide bonds. The van der Waals surface area contributed by atoms with Gasteiger partial charge in [-0.3, -0.25) is 9.78 Å². The van der Waals surface area contributed by atoms with Crippen LogP contribution in [0.3, 0.4) is 0 Å². The van der Waals surface area contributed by atoms with E-state index in [2.05, 4.69) is 4.98 Å². The summed E-state index contributed by atoms with van der Waals surface area (Å²) in [5, 5.41) is 9.70. The highest BCUT2D eigenvalue weighted by Gasteiger charge is 2.39. The van der Waals surface area contributed by atoms with E-state index in [1.165, 1.54) is 0 Å². The van der Waals surface area contributed by atoms with Gasteiger partial charge in [-0.05, 0) is 56.1 Å². The highest BCUT2D eigenvalue weighted by atomic mass is 16.3. The molecule has 5 nitrogen and oxygen atoms in total. The van der Waals surface area contributed by atoms with Crippen molar-refractivity contribution in [3.63, 3.8) is 0 Å². The monoisotopic (exact) mass is 314 g/mol. The lowest BCUT2D eigenvalue weighted by Crippen LogP contribution is -2.44. The first-order valence-corrected chi connectivity index (χ1v) is 8.47. The van der Waals surface area contributed by atoms with Gasteiger partial charge in [0.1, 0.15) is 5.52 Å². The number of piperidine rings is 1. The van der Waals surface area contributed by atoms with Crippen LogP contribution >= 0.6 is 0 Å². The Morgan fingerprint density at radius 3 is 2.70 bits per heavy atom. The summed E-state index contributed by atoms with van der Waals surface area (Å²) >= 11 is 0. The van der Waals surface area contributed by atoms with Crippen LogP contribution in [0.5, 0.6) is 0 Å². The van der Waals surface area contributed by atoms with Crippen LogP contribution in [-0.4, -0.2) is 40.1 Å². The summed E-state index contributed by atoms with van der Waals surface area (Å²) in [5.74, 6) is 0.349. The molecule has 1 aliphatic heterocycles. The van der Waals surface area contributed by atoms with E-state index in [9.17, 15) is 9.90 Å². The van der Waals surface area contributed by atoms with Crippen LogP contribution in [0, 0.1) is 5.41 Å². The SMILES string of the molecule is O=C(c1cc2ncccc2o1)N1CCC2(CCC(O)CC2)CC1. The summed E-state index contributed by atoms with van der Waals surface area (Å²) < 4.78 is 5.65. The van der Waals surface area contributed by atoms with Gasteiger partial charge in [0.05, 0.1) is 6.10 Å². The maximum atomic E-state index is 12.7. The number of pyridine rings is 1. The fourth-order valence-corrected chi connectivity index (χ4v) is 4.03. The number of hydrogen-bond acceptors (Lipinski definition) is 4. The van der Waals surface area contributed by atoms with Crippen LogP contribution in [0.2, 0.25) is 0 Å². The van der Waals surface area contributed by atoms with Gasteiger partial charge in [-0.1, -0.05) is 0 Å². The molecule has 122 valence electrons. The van der Waals surface area contributed by atoms with Gasteiger partial charge >= 0.3 is 0 Å². The quantitative estimate of drug-likeness (QED) is 0.879. The number of aliphatic hydroxyl groups is 1. The maximum Gasteiger partial charge on any atom is 0.289 e. The molecule has 2 aromatic rings. The van der Waals surface area contributed by atoms with Crippen LogP contribution in [-0.2, 0) is 0 Å². The van der Waals surface area contributed by atoms with Crippen molar-refractivity contribution in [3.8, 4) is 0 Å². The first kappa shape index (κ1) is 14.7. The number of rotatable bonds is 1. The van der Waals surface area contributed by atoms with Crippen molar-refractivity contribution in [3.05, 3.63) is 30.2 Å². The number of hydrogen-bond donors (Lipinski definition) is 1. The Labute approximate surface area is 135 Å². The molecular formula is C18H22N2O3. The molecule has 0 bridgehead atoms. The third kappa shape index (κ3) is 2.74. The van der Waals surface area contributed by atoms with Crippen LogP contribution in [0.1, 0.15) is 49.1 Å². The first-order chi connectivity index (χ1) is 11.2. The minimum absolute atomic E-state index is 0.0336. The zero-order valence-electron chi connectivity index (χ0n) is 13.2. The number of furan rings is 1. The lowest BCUT2D eigenvalue weighted by Gasteiger charge is -2.45. The molecule has 1 aliphatic carbocycles. The first-order valence-electron chi connectivity index (χ1n) is 8.47. The van der Waals surface area contributed by atoms with E-state index in [4.69, 9.17) is 4.42 Å². The van der Waals surface area contributed by atoms with E-state index in [0.717, 1.165) is 57.1 Å². The number of carbonyl (C=O) groups excluding carboxylic acids is 1. The Hall–Kier alpha value is -1.88. The lowest BCUT2D eigenvalue weighted by molar-refractivity contribution is 0.0159. The second-order valence-corrected chi connectivity index (χ2v) is 7.02. The Morgan fingerprint density at radius 1 is 1.26 bits per heavy atom. The summed E-state index contributed by atoms with van der Waals surface area (Å²) in [5.41, 5.74) is 1.72. The largest absolute Gasteiger partial charge is 0.449 e. The molecule has 3 heterocycles. The maximum absolute atomic E-state index is 12.7. The van der Waals surface area contributed by atoms with Gasteiger partial charge in [-0.25, -0.2) is 0 Å². The summed E-state index contributed by atoms with van der Waals surface area (Å²) in [4.78, 5) is 18.8. The molecule has 5 heteroatoms. The smallest absolute Gasteiger partial charge is 0.289 e. The van der Waals surface area contributed by atoms with Gasteiger partial charge < -0.3 is 14.4 Å². The molecule has 1 N–H and O–H groups in total. The number of nitrogens with zero attached hydrogens (tertiary/aromatic N) is 2. The third-order valence-electron chi connectivity index (χ3n) is 5.63. The number of aliphatic hydroxyl groups excluding tert-OH is 1. The number of amides is 1. The summed E-state index contributed by atoms with van der Waals surface area (Å²) in [6.45, 7) is 1.55. The molecule has 0 radical (unpaired) electrons. The van der Waals surface area contributed by atoms with Gasteiger partial charge in [0, 0.05) is 25.4 Å². The molecule has 0 unspecified atom stereocenters. The van der Waals surface area contributed by atoms with Crippen molar-refractivity contribution in [1.29, 1.82) is 0 Å². The molecule has 0 aromatic carbocycles. The fraction of sp³-hybridized carbons (Fsp3) is 0.556. The highest BCUT2D eigenvalue weighted by molar-refractivity contribution is 5.95. The van der Waals surface area contributed by atoms with Crippen LogP contribution in [0.4, 0.5) is 0 Å². The Balaban J connectivity index is 1.44. The predicted octanol–water partition coefficient (Wildman–Crippen LogP) is 2.99. The number of likely N-dealkylation sites (tertiary alicyclic amines) is 1. The standard InChI is InChI=1S/C18H22N2O3/c21-13-3-5-18(6-4-13)7-10-20(11-8-18)17(22)16-12-14-15(23-16)2-1-9-19-14/h1-2,9,12-13,21H,3-8,10-11H2. The van der Waals surface area contributed by atoms with Crippen LogP contribution in [0.15, 0.2) is 28.8 Å². The Kier molecular flexibility index (Phi) is 3.60. The second-order valence-electron chi connectivity index (χ2n) is 7.02. The molecule has 1 spiro atoms. The van der Waals surface area contributed by atoms with E-state index >= 15 is 0 Å². The fourth-order valence-electron chi connectivity index (χ4n) is 4.03. The topological polar surface area (TPSA) is 66.6 Å².